The molecule has 0 aromatic heterocycles. The van der Waals surface area contributed by atoms with Crippen molar-refractivity contribution >= 4 is 18.2 Å². The Labute approximate surface area is 88.0 Å². The molecule has 15 heavy (non-hydrogen) atoms. The molecule has 2 atom stereocenters. The van der Waals surface area contributed by atoms with Crippen LogP contribution in [0.15, 0.2) is 12.7 Å². The molecule has 5 nitrogen and oxygen atoms in total. The molecule has 84 valence electrons. The summed E-state index contributed by atoms with van der Waals surface area (Å²) in [7, 11) is 0. The lowest BCUT2D eigenvalue weighted by Crippen LogP contribution is -2.23. The second-order valence-corrected chi connectivity index (χ2v) is 3.03. The van der Waals surface area contributed by atoms with Crippen LogP contribution in [0.25, 0.3) is 0 Å². The Morgan fingerprint density at radius 2 is 1.93 bits per heavy atom. The number of rotatable bonds is 6. The number of esters is 2. The maximum absolute atomic E-state index is 11.2. The standard InChI is InChI=1S/C10H14O5/c1-4-9(12)14-6-15-10(13)8(3)7(2)5-11/h4-5,7-8H,1,6H2,2-3H3. The lowest BCUT2D eigenvalue weighted by atomic mass is 9.98. The van der Waals surface area contributed by atoms with Crippen LogP contribution in [0.2, 0.25) is 0 Å². The molecular formula is C10H14O5. The molecule has 0 amide bonds. The van der Waals surface area contributed by atoms with Crippen LogP contribution in [0, 0.1) is 11.8 Å². The van der Waals surface area contributed by atoms with Crippen LogP contribution in [0.4, 0.5) is 0 Å². The molecule has 2 unspecified atom stereocenters. The Bertz CT molecular complexity index is 259. The van der Waals surface area contributed by atoms with Gasteiger partial charge in [-0.2, -0.15) is 0 Å². The van der Waals surface area contributed by atoms with Crippen LogP contribution in [0.5, 0.6) is 0 Å². The van der Waals surface area contributed by atoms with Crippen LogP contribution in [-0.4, -0.2) is 25.0 Å². The van der Waals surface area contributed by atoms with E-state index in [1.165, 1.54) is 0 Å². The number of carbonyl (C=O) groups is 3. The third-order valence-electron chi connectivity index (χ3n) is 1.94. The lowest BCUT2D eigenvalue weighted by molar-refractivity contribution is -0.168. The molecule has 0 bridgehead atoms. The van der Waals surface area contributed by atoms with Crippen molar-refractivity contribution in [2.24, 2.45) is 11.8 Å². The monoisotopic (exact) mass is 214 g/mol. The highest BCUT2D eigenvalue weighted by molar-refractivity contribution is 5.81. The Balaban J connectivity index is 3.88. The van der Waals surface area contributed by atoms with Crippen molar-refractivity contribution in [3.63, 3.8) is 0 Å². The first kappa shape index (κ1) is 13.4. The van der Waals surface area contributed by atoms with E-state index in [4.69, 9.17) is 0 Å². The van der Waals surface area contributed by atoms with Gasteiger partial charge in [0.1, 0.15) is 6.29 Å². The minimum atomic E-state index is -0.668. The molecule has 0 saturated carbocycles. The summed E-state index contributed by atoms with van der Waals surface area (Å²) in [6.45, 7) is 5.89. The molecule has 5 heteroatoms. The van der Waals surface area contributed by atoms with Crippen LogP contribution < -0.4 is 0 Å². The van der Waals surface area contributed by atoms with E-state index in [1.54, 1.807) is 13.8 Å². The van der Waals surface area contributed by atoms with Gasteiger partial charge in [-0.15, -0.1) is 0 Å². The molecule has 0 fully saturated rings. The van der Waals surface area contributed by atoms with Crippen LogP contribution in [0.3, 0.4) is 0 Å². The van der Waals surface area contributed by atoms with Crippen molar-refractivity contribution in [3.8, 4) is 0 Å². The average molecular weight is 214 g/mol. The average Bonchev–Trinajstić information content (AvgIpc) is 2.26. The van der Waals surface area contributed by atoms with E-state index >= 15 is 0 Å². The molecule has 0 aliphatic heterocycles. The van der Waals surface area contributed by atoms with Crippen molar-refractivity contribution < 1.29 is 23.9 Å². The Kier molecular flexibility index (Phi) is 6.01. The highest BCUT2D eigenvalue weighted by atomic mass is 16.7. The Hall–Kier alpha value is -1.65. The summed E-state index contributed by atoms with van der Waals surface area (Å²) in [6.07, 6.45) is 1.63. The maximum Gasteiger partial charge on any atom is 0.333 e. The van der Waals surface area contributed by atoms with Gasteiger partial charge in [-0.1, -0.05) is 20.4 Å². The fourth-order valence-electron chi connectivity index (χ4n) is 0.668. The largest absolute Gasteiger partial charge is 0.428 e. The Morgan fingerprint density at radius 1 is 1.33 bits per heavy atom. The zero-order chi connectivity index (χ0) is 11.8. The summed E-state index contributed by atoms with van der Waals surface area (Å²) >= 11 is 0. The maximum atomic E-state index is 11.2. The topological polar surface area (TPSA) is 69.7 Å². The Morgan fingerprint density at radius 3 is 2.40 bits per heavy atom. The SMILES string of the molecule is C=CC(=O)OCOC(=O)C(C)C(C)C=O. The number of aldehydes is 1. The molecule has 0 saturated heterocycles. The lowest BCUT2D eigenvalue weighted by Gasteiger charge is -2.12. The second kappa shape index (κ2) is 6.75. The van der Waals surface area contributed by atoms with E-state index in [-0.39, 0.29) is 0 Å². The third-order valence-corrected chi connectivity index (χ3v) is 1.94. The summed E-state index contributed by atoms with van der Waals surface area (Å²) in [6, 6.07) is 0. The first-order valence-corrected chi connectivity index (χ1v) is 4.44. The first-order valence-electron chi connectivity index (χ1n) is 4.44. The van der Waals surface area contributed by atoms with E-state index < -0.39 is 30.6 Å². The molecule has 0 heterocycles. The van der Waals surface area contributed by atoms with Crippen molar-refractivity contribution in [2.45, 2.75) is 13.8 Å². The number of hydrogen-bond donors (Lipinski definition) is 0. The van der Waals surface area contributed by atoms with Crippen molar-refractivity contribution in [1.82, 2.24) is 0 Å². The van der Waals surface area contributed by atoms with Gasteiger partial charge in [0, 0.05) is 12.0 Å². The van der Waals surface area contributed by atoms with E-state index in [9.17, 15) is 14.4 Å². The molecule has 0 radical (unpaired) electrons. The molecule has 0 aromatic carbocycles. The molecule has 0 aliphatic carbocycles. The fraction of sp³-hybridized carbons (Fsp3) is 0.500. The number of carbonyl (C=O) groups excluding carboxylic acids is 3. The predicted octanol–water partition coefficient (Wildman–Crippen LogP) is 0.687. The summed E-state index contributed by atoms with van der Waals surface area (Å²) in [4.78, 5) is 32.2. The summed E-state index contributed by atoms with van der Waals surface area (Å²) in [5.74, 6) is -2.22. The van der Waals surface area contributed by atoms with Crippen LogP contribution >= 0.6 is 0 Å². The third kappa shape index (κ3) is 4.95. The van der Waals surface area contributed by atoms with Gasteiger partial charge in [0.2, 0.25) is 6.79 Å². The van der Waals surface area contributed by atoms with Gasteiger partial charge in [-0.25, -0.2) is 4.79 Å². The van der Waals surface area contributed by atoms with Crippen molar-refractivity contribution in [3.05, 3.63) is 12.7 Å². The van der Waals surface area contributed by atoms with Crippen LogP contribution in [-0.2, 0) is 23.9 Å². The smallest absolute Gasteiger partial charge is 0.333 e. The predicted molar refractivity (Wildman–Crippen MR) is 51.6 cm³/mol. The number of hydrogen-bond acceptors (Lipinski definition) is 5. The quantitative estimate of drug-likeness (QED) is 0.281. The second-order valence-electron chi connectivity index (χ2n) is 3.03. The van der Waals surface area contributed by atoms with Crippen molar-refractivity contribution in [2.75, 3.05) is 6.79 Å². The fourth-order valence-corrected chi connectivity index (χ4v) is 0.668. The van der Waals surface area contributed by atoms with Crippen LogP contribution in [0.1, 0.15) is 13.8 Å². The van der Waals surface area contributed by atoms with Gasteiger partial charge >= 0.3 is 11.9 Å². The summed E-state index contributed by atoms with van der Waals surface area (Å²) in [5, 5.41) is 0. The van der Waals surface area contributed by atoms with Gasteiger partial charge in [-0.05, 0) is 0 Å². The minimum Gasteiger partial charge on any atom is -0.428 e. The van der Waals surface area contributed by atoms with Gasteiger partial charge in [0.15, 0.2) is 0 Å². The van der Waals surface area contributed by atoms with E-state index in [2.05, 4.69) is 16.1 Å². The van der Waals surface area contributed by atoms with Gasteiger partial charge in [0.25, 0.3) is 0 Å². The highest BCUT2D eigenvalue weighted by Crippen LogP contribution is 2.09. The molecule has 0 N–H and O–H groups in total. The molecular weight excluding hydrogens is 200 g/mol. The first-order chi connectivity index (χ1) is 7.02. The zero-order valence-corrected chi connectivity index (χ0v) is 8.76. The molecule has 0 spiro atoms. The molecule has 0 aromatic rings. The van der Waals surface area contributed by atoms with Gasteiger partial charge in [-0.3, -0.25) is 4.79 Å². The summed E-state index contributed by atoms with van der Waals surface area (Å²) in [5.41, 5.74) is 0. The number of ether oxygens (including phenoxy) is 2. The normalized spacial score (nSPS) is 13.5. The zero-order valence-electron chi connectivity index (χ0n) is 8.76. The van der Waals surface area contributed by atoms with E-state index in [0.717, 1.165) is 6.08 Å². The minimum absolute atomic E-state index is 0.424. The molecule has 0 aliphatic rings. The van der Waals surface area contributed by atoms with Gasteiger partial charge in [0.05, 0.1) is 5.92 Å². The van der Waals surface area contributed by atoms with E-state index in [1.807, 2.05) is 0 Å². The van der Waals surface area contributed by atoms with Crippen molar-refractivity contribution in [1.29, 1.82) is 0 Å². The highest BCUT2D eigenvalue weighted by Gasteiger charge is 2.21. The molecule has 0 rings (SSSR count). The summed E-state index contributed by atoms with van der Waals surface area (Å²) < 4.78 is 9.05. The van der Waals surface area contributed by atoms with Gasteiger partial charge < -0.3 is 14.3 Å². The van der Waals surface area contributed by atoms with E-state index in [0.29, 0.717) is 6.29 Å².